The molecule has 1 atom stereocenters. The van der Waals surface area contributed by atoms with Crippen molar-refractivity contribution in [2.45, 2.75) is 18.9 Å². The van der Waals surface area contributed by atoms with Gasteiger partial charge >= 0.3 is 0 Å². The van der Waals surface area contributed by atoms with E-state index in [9.17, 15) is 9.59 Å². The largest absolute Gasteiger partial charge is 0.379 e. The summed E-state index contributed by atoms with van der Waals surface area (Å²) in [5, 5.41) is 2.96. The van der Waals surface area contributed by atoms with Gasteiger partial charge in [-0.25, -0.2) is 0 Å². The van der Waals surface area contributed by atoms with Gasteiger partial charge in [0.05, 0.1) is 32.4 Å². The molecule has 3 saturated heterocycles. The van der Waals surface area contributed by atoms with Crippen molar-refractivity contribution in [2.75, 3.05) is 78.7 Å². The molecule has 0 spiro atoms. The summed E-state index contributed by atoms with van der Waals surface area (Å²) < 4.78 is 10.8. The summed E-state index contributed by atoms with van der Waals surface area (Å²) in [6, 6.07) is 0. The standard InChI is InChI=1S/C17H30N4O4/c22-16(18-12-15-2-1-9-25-15)13-19-3-5-21(6-4-19)17(23)14-20-7-10-24-11-8-20/h15H,1-14H2,(H,18,22). The summed E-state index contributed by atoms with van der Waals surface area (Å²) in [4.78, 5) is 30.6. The number of hydrogen-bond acceptors (Lipinski definition) is 6. The molecule has 3 aliphatic rings. The van der Waals surface area contributed by atoms with Crippen LogP contribution >= 0.6 is 0 Å². The molecule has 0 saturated carbocycles. The quantitative estimate of drug-likeness (QED) is 0.643. The van der Waals surface area contributed by atoms with Crippen molar-refractivity contribution >= 4 is 11.8 Å². The van der Waals surface area contributed by atoms with Crippen molar-refractivity contribution in [3.05, 3.63) is 0 Å². The van der Waals surface area contributed by atoms with Crippen LogP contribution in [0.2, 0.25) is 0 Å². The molecule has 8 heteroatoms. The molecule has 0 aromatic carbocycles. The van der Waals surface area contributed by atoms with E-state index in [1.54, 1.807) is 0 Å². The number of hydrogen-bond donors (Lipinski definition) is 1. The van der Waals surface area contributed by atoms with E-state index >= 15 is 0 Å². The minimum Gasteiger partial charge on any atom is -0.379 e. The van der Waals surface area contributed by atoms with Gasteiger partial charge in [-0.15, -0.1) is 0 Å². The molecule has 0 radical (unpaired) electrons. The number of carbonyl (C=O) groups excluding carboxylic acids is 2. The van der Waals surface area contributed by atoms with Gasteiger partial charge < -0.3 is 19.7 Å². The van der Waals surface area contributed by atoms with Crippen LogP contribution in [0.25, 0.3) is 0 Å². The Labute approximate surface area is 149 Å². The van der Waals surface area contributed by atoms with E-state index < -0.39 is 0 Å². The number of ether oxygens (including phenoxy) is 2. The van der Waals surface area contributed by atoms with Crippen LogP contribution in [0.15, 0.2) is 0 Å². The Kier molecular flexibility index (Phi) is 7.03. The fourth-order valence-corrected chi connectivity index (χ4v) is 3.50. The van der Waals surface area contributed by atoms with E-state index in [1.807, 2.05) is 4.90 Å². The Hall–Kier alpha value is -1.22. The molecule has 1 N–H and O–H groups in total. The molecule has 0 aliphatic carbocycles. The highest BCUT2D eigenvalue weighted by Crippen LogP contribution is 2.10. The molecule has 142 valence electrons. The van der Waals surface area contributed by atoms with Gasteiger partial charge in [0.2, 0.25) is 11.8 Å². The Bertz CT molecular complexity index is 442. The molecule has 1 unspecified atom stereocenters. The molecule has 3 fully saturated rings. The summed E-state index contributed by atoms with van der Waals surface area (Å²) in [5.74, 6) is 0.230. The highest BCUT2D eigenvalue weighted by Gasteiger charge is 2.24. The van der Waals surface area contributed by atoms with Crippen molar-refractivity contribution in [3.8, 4) is 0 Å². The second-order valence-electron chi connectivity index (χ2n) is 6.98. The zero-order valence-corrected chi connectivity index (χ0v) is 15.0. The predicted octanol–water partition coefficient (Wildman–Crippen LogP) is -1.24. The van der Waals surface area contributed by atoms with E-state index in [2.05, 4.69) is 15.1 Å². The molecule has 3 heterocycles. The molecule has 0 aromatic heterocycles. The van der Waals surface area contributed by atoms with Crippen LogP contribution in [0, 0.1) is 0 Å². The van der Waals surface area contributed by atoms with Gasteiger partial charge in [-0.05, 0) is 12.8 Å². The zero-order valence-electron chi connectivity index (χ0n) is 15.0. The van der Waals surface area contributed by atoms with Crippen LogP contribution in [0.1, 0.15) is 12.8 Å². The van der Waals surface area contributed by atoms with E-state index in [4.69, 9.17) is 9.47 Å². The smallest absolute Gasteiger partial charge is 0.236 e. The molecular formula is C17H30N4O4. The Morgan fingerprint density at radius 2 is 1.64 bits per heavy atom. The molecule has 2 amide bonds. The average Bonchev–Trinajstić information content (AvgIpc) is 3.15. The average molecular weight is 354 g/mol. The van der Waals surface area contributed by atoms with Crippen molar-refractivity contribution in [3.63, 3.8) is 0 Å². The minimum absolute atomic E-state index is 0.0450. The first-order valence-corrected chi connectivity index (χ1v) is 9.39. The maximum absolute atomic E-state index is 12.4. The number of piperazine rings is 1. The molecule has 3 aliphatic heterocycles. The summed E-state index contributed by atoms with van der Waals surface area (Å²) in [6.45, 7) is 8.27. The zero-order chi connectivity index (χ0) is 17.5. The lowest BCUT2D eigenvalue weighted by Crippen LogP contribution is -2.53. The Morgan fingerprint density at radius 3 is 2.32 bits per heavy atom. The summed E-state index contributed by atoms with van der Waals surface area (Å²) in [7, 11) is 0. The van der Waals surface area contributed by atoms with Gasteiger partial charge in [0.15, 0.2) is 0 Å². The topological polar surface area (TPSA) is 74.4 Å². The van der Waals surface area contributed by atoms with Gasteiger partial charge in [-0.3, -0.25) is 19.4 Å². The van der Waals surface area contributed by atoms with Crippen molar-refractivity contribution in [1.82, 2.24) is 20.0 Å². The fourth-order valence-electron chi connectivity index (χ4n) is 3.50. The minimum atomic E-state index is 0.0450. The summed E-state index contributed by atoms with van der Waals surface area (Å²) in [5.41, 5.74) is 0. The summed E-state index contributed by atoms with van der Waals surface area (Å²) in [6.07, 6.45) is 2.30. The highest BCUT2D eigenvalue weighted by atomic mass is 16.5. The van der Waals surface area contributed by atoms with E-state index in [-0.39, 0.29) is 17.9 Å². The van der Waals surface area contributed by atoms with Gasteiger partial charge in [0, 0.05) is 52.4 Å². The lowest BCUT2D eigenvalue weighted by Gasteiger charge is -2.36. The Morgan fingerprint density at radius 1 is 0.920 bits per heavy atom. The fraction of sp³-hybridized carbons (Fsp3) is 0.882. The van der Waals surface area contributed by atoms with Crippen LogP contribution in [0.4, 0.5) is 0 Å². The van der Waals surface area contributed by atoms with Crippen LogP contribution < -0.4 is 5.32 Å². The van der Waals surface area contributed by atoms with Crippen molar-refractivity contribution < 1.29 is 19.1 Å². The van der Waals surface area contributed by atoms with Gasteiger partial charge in [0.25, 0.3) is 0 Å². The van der Waals surface area contributed by atoms with Crippen LogP contribution in [-0.4, -0.2) is 111 Å². The molecular weight excluding hydrogens is 324 g/mol. The number of nitrogens with one attached hydrogen (secondary N) is 1. The molecule has 0 aromatic rings. The number of rotatable bonds is 6. The first-order valence-electron chi connectivity index (χ1n) is 9.39. The van der Waals surface area contributed by atoms with E-state index in [0.29, 0.717) is 45.9 Å². The maximum atomic E-state index is 12.4. The molecule has 8 nitrogen and oxygen atoms in total. The normalized spacial score (nSPS) is 25.9. The van der Waals surface area contributed by atoms with Crippen molar-refractivity contribution in [2.24, 2.45) is 0 Å². The van der Waals surface area contributed by atoms with Crippen LogP contribution in [0.3, 0.4) is 0 Å². The lowest BCUT2D eigenvalue weighted by molar-refractivity contribution is -0.135. The maximum Gasteiger partial charge on any atom is 0.236 e. The first-order chi connectivity index (χ1) is 12.2. The molecule has 3 rings (SSSR count). The third kappa shape index (κ3) is 5.91. The summed E-state index contributed by atoms with van der Waals surface area (Å²) >= 11 is 0. The van der Waals surface area contributed by atoms with E-state index in [1.165, 1.54) is 0 Å². The number of morpholine rings is 1. The van der Waals surface area contributed by atoms with Crippen LogP contribution in [0.5, 0.6) is 0 Å². The molecule has 25 heavy (non-hydrogen) atoms. The monoisotopic (exact) mass is 354 g/mol. The second-order valence-corrected chi connectivity index (χ2v) is 6.98. The van der Waals surface area contributed by atoms with Gasteiger partial charge in [0.1, 0.15) is 0 Å². The molecule has 0 bridgehead atoms. The number of amides is 2. The first kappa shape index (κ1) is 18.6. The highest BCUT2D eigenvalue weighted by molar-refractivity contribution is 5.79. The van der Waals surface area contributed by atoms with Gasteiger partial charge in [-0.1, -0.05) is 0 Å². The lowest BCUT2D eigenvalue weighted by atomic mass is 10.2. The van der Waals surface area contributed by atoms with Gasteiger partial charge in [-0.2, -0.15) is 0 Å². The van der Waals surface area contributed by atoms with Crippen LogP contribution in [-0.2, 0) is 19.1 Å². The third-order valence-corrected chi connectivity index (χ3v) is 5.11. The Balaban J connectivity index is 1.30. The third-order valence-electron chi connectivity index (χ3n) is 5.11. The predicted molar refractivity (Wildman–Crippen MR) is 92.3 cm³/mol. The number of carbonyl (C=O) groups is 2. The van der Waals surface area contributed by atoms with Crippen molar-refractivity contribution in [1.29, 1.82) is 0 Å². The van der Waals surface area contributed by atoms with E-state index in [0.717, 1.165) is 45.6 Å². The number of nitrogens with zero attached hydrogens (tertiary/aromatic N) is 3. The SMILES string of the molecule is O=C(CN1CCN(C(=O)CN2CCOCC2)CC1)NCC1CCCO1. The second kappa shape index (κ2) is 9.47.